The van der Waals surface area contributed by atoms with Crippen molar-refractivity contribution in [1.82, 2.24) is 35.7 Å². The van der Waals surface area contributed by atoms with E-state index >= 15 is 0 Å². The molecule has 7 atom stereocenters. The van der Waals surface area contributed by atoms with Crippen molar-refractivity contribution in [3.05, 3.63) is 24.3 Å². The first-order valence-electron chi connectivity index (χ1n) is 18.4. The van der Waals surface area contributed by atoms with Gasteiger partial charge in [-0.3, -0.25) is 33.8 Å². The zero-order valence-electron chi connectivity index (χ0n) is 31.0. The first-order valence-corrected chi connectivity index (χ1v) is 18.4. The Bertz CT molecular complexity index is 1410. The van der Waals surface area contributed by atoms with Gasteiger partial charge in [-0.25, -0.2) is 4.98 Å². The smallest absolute Gasteiger partial charge is 0.289 e. The summed E-state index contributed by atoms with van der Waals surface area (Å²) in [6.07, 6.45) is 9.11. The molecule has 2 saturated heterocycles. The number of aromatic nitrogens is 2. The van der Waals surface area contributed by atoms with Crippen LogP contribution in [0.5, 0.6) is 0 Å². The van der Waals surface area contributed by atoms with E-state index in [0.29, 0.717) is 32.4 Å². The lowest BCUT2D eigenvalue weighted by molar-refractivity contribution is -0.153. The molecule has 3 heterocycles. The van der Waals surface area contributed by atoms with Crippen LogP contribution < -0.4 is 16.0 Å². The number of nitrogens with zero attached hydrogens (tertiary/aromatic N) is 4. The number of carbonyl (C=O) groups excluding carboxylic acids is 6. The highest BCUT2D eigenvalue weighted by Crippen LogP contribution is 2.39. The van der Waals surface area contributed by atoms with E-state index in [1.54, 1.807) is 4.90 Å². The van der Waals surface area contributed by atoms with Crippen LogP contribution in [0.25, 0.3) is 0 Å². The molecule has 13 nitrogen and oxygen atoms in total. The second-order valence-corrected chi connectivity index (χ2v) is 15.9. The Hall–Kier alpha value is -3.90. The van der Waals surface area contributed by atoms with Gasteiger partial charge in [-0.15, -0.1) is 0 Å². The molecule has 1 aromatic rings. The fraction of sp³-hybridized carbons (Fsp3) is 0.730. The Morgan fingerprint density at radius 3 is 2.24 bits per heavy atom. The van der Waals surface area contributed by atoms with Crippen LogP contribution in [0.1, 0.15) is 111 Å². The van der Waals surface area contributed by atoms with Gasteiger partial charge in [-0.1, -0.05) is 67.7 Å². The van der Waals surface area contributed by atoms with Crippen LogP contribution in [-0.4, -0.2) is 98.4 Å². The molecular weight excluding hydrogens is 638 g/mol. The van der Waals surface area contributed by atoms with Crippen LogP contribution in [0, 0.1) is 29.1 Å². The molecule has 50 heavy (non-hydrogen) atoms. The van der Waals surface area contributed by atoms with Crippen LogP contribution in [0.4, 0.5) is 0 Å². The minimum Gasteiger partial charge on any atom is -0.347 e. The molecule has 0 spiro atoms. The molecule has 5 amide bonds. The van der Waals surface area contributed by atoms with Crippen molar-refractivity contribution in [3.8, 4) is 0 Å². The predicted molar refractivity (Wildman–Crippen MR) is 187 cm³/mol. The highest BCUT2D eigenvalue weighted by atomic mass is 16.2. The zero-order valence-corrected chi connectivity index (χ0v) is 31.0. The number of likely N-dealkylation sites (tertiary alicyclic amines) is 2. The summed E-state index contributed by atoms with van der Waals surface area (Å²) in [5, 5.41) is 8.65. The van der Waals surface area contributed by atoms with E-state index in [4.69, 9.17) is 0 Å². The van der Waals surface area contributed by atoms with E-state index in [-0.39, 0.29) is 47.2 Å². The summed E-state index contributed by atoms with van der Waals surface area (Å²) in [4.78, 5) is 94.0. The van der Waals surface area contributed by atoms with E-state index in [0.717, 1.165) is 25.7 Å². The lowest BCUT2D eigenvalue weighted by atomic mass is 9.84. The quantitative estimate of drug-likeness (QED) is 0.265. The van der Waals surface area contributed by atoms with E-state index in [2.05, 4.69) is 25.9 Å². The van der Waals surface area contributed by atoms with E-state index in [9.17, 15) is 28.8 Å². The highest BCUT2D eigenvalue weighted by molar-refractivity contribution is 6.38. The molecule has 1 aromatic heterocycles. The van der Waals surface area contributed by atoms with Crippen LogP contribution in [0.3, 0.4) is 0 Å². The first kappa shape index (κ1) is 38.9. The summed E-state index contributed by atoms with van der Waals surface area (Å²) < 4.78 is 0. The molecule has 276 valence electrons. The van der Waals surface area contributed by atoms with Crippen LogP contribution in [0.15, 0.2) is 18.6 Å². The molecule has 2 aliphatic heterocycles. The number of rotatable bonds is 13. The van der Waals surface area contributed by atoms with E-state index in [1.807, 2.05) is 55.4 Å². The predicted octanol–water partition coefficient (Wildman–Crippen LogP) is 2.89. The number of ketones is 1. The maximum atomic E-state index is 14.6. The molecule has 0 unspecified atom stereocenters. The summed E-state index contributed by atoms with van der Waals surface area (Å²) in [6, 6.07) is -3.87. The lowest BCUT2D eigenvalue weighted by Gasteiger charge is -2.39. The van der Waals surface area contributed by atoms with Gasteiger partial charge in [0, 0.05) is 31.5 Å². The number of hydrogen-bond acceptors (Lipinski definition) is 8. The van der Waals surface area contributed by atoms with Crippen LogP contribution >= 0.6 is 0 Å². The molecule has 0 radical (unpaired) electrons. The van der Waals surface area contributed by atoms with Gasteiger partial charge in [-0.05, 0) is 61.7 Å². The molecule has 13 heteroatoms. The summed E-state index contributed by atoms with van der Waals surface area (Å²) in [6.45, 7) is 15.9. The molecule has 2 bridgehead atoms. The number of nitrogens with one attached hydrogen (secondary N) is 3. The van der Waals surface area contributed by atoms with Gasteiger partial charge in [0.2, 0.25) is 23.5 Å². The number of carbonyl (C=O) groups is 6. The van der Waals surface area contributed by atoms with Gasteiger partial charge in [0.05, 0.1) is 6.20 Å². The fourth-order valence-electron chi connectivity index (χ4n) is 7.57. The third-order valence-electron chi connectivity index (χ3n) is 11.0. The topological polar surface area (TPSA) is 171 Å². The number of Topliss-reactive ketones (excluding diaryl/α,β-unsaturated/α-hetero) is 1. The maximum absolute atomic E-state index is 14.6. The van der Waals surface area contributed by atoms with Crippen molar-refractivity contribution in [2.45, 2.75) is 131 Å². The van der Waals surface area contributed by atoms with Gasteiger partial charge in [0.1, 0.15) is 29.9 Å². The number of amides is 5. The van der Waals surface area contributed by atoms with Crippen molar-refractivity contribution in [2.24, 2.45) is 29.1 Å². The largest absolute Gasteiger partial charge is 0.347 e. The molecule has 3 N–H and O–H groups in total. The van der Waals surface area contributed by atoms with E-state index in [1.165, 1.54) is 23.5 Å². The number of fused-ring (bicyclic) bond motifs is 2. The average molecular weight is 696 g/mol. The summed E-state index contributed by atoms with van der Waals surface area (Å²) in [5.74, 6) is -3.21. The second-order valence-electron chi connectivity index (χ2n) is 15.9. The van der Waals surface area contributed by atoms with Gasteiger partial charge in [0.25, 0.3) is 11.8 Å². The maximum Gasteiger partial charge on any atom is 0.289 e. The molecule has 4 rings (SSSR count). The minimum atomic E-state index is -1.00. The van der Waals surface area contributed by atoms with E-state index < -0.39 is 53.1 Å². The molecule has 3 aliphatic rings. The molecule has 3 fully saturated rings. The first-order chi connectivity index (χ1) is 23.6. The standard InChI is InChI=1S/C37H57N7O6/c1-9-12-27(30(45)34(48)40-23(5)21(2)3)43-18-15-25-20-44(29(22(25)4)35(43)49)36(50)31(37(6,7)8)42-33(47)28(24-13-10-11-14-24)41-32(46)26-19-38-16-17-39-26/h16-17,19,21-25,27-29,31H,9-15,18,20H2,1-8H3,(H,40,48)(H,41,46)(H,42,47)/t22-,23-,25-,27-,28-,29-,31+/m0/s1. The third kappa shape index (κ3) is 8.69. The second kappa shape index (κ2) is 16.4. The zero-order chi connectivity index (χ0) is 36.9. The van der Waals surface area contributed by atoms with Gasteiger partial charge < -0.3 is 25.8 Å². The van der Waals surface area contributed by atoms with Gasteiger partial charge in [-0.2, -0.15) is 0 Å². The Morgan fingerprint density at radius 1 is 0.980 bits per heavy atom. The van der Waals surface area contributed by atoms with Crippen molar-refractivity contribution in [1.29, 1.82) is 0 Å². The lowest BCUT2D eigenvalue weighted by Crippen LogP contribution is -2.62. The van der Waals surface area contributed by atoms with Gasteiger partial charge >= 0.3 is 0 Å². The normalized spacial score (nSPS) is 23.5. The molecule has 1 saturated carbocycles. The average Bonchev–Trinajstić information content (AvgIpc) is 3.69. The Kier molecular flexibility index (Phi) is 12.8. The molecule has 1 aliphatic carbocycles. The molecule has 0 aromatic carbocycles. The molecular formula is C37H57N7O6. The highest BCUT2D eigenvalue weighted by Gasteiger charge is 2.53. The number of hydrogen-bond donors (Lipinski definition) is 3. The Balaban J connectivity index is 1.58. The Morgan fingerprint density at radius 2 is 1.66 bits per heavy atom. The van der Waals surface area contributed by atoms with Crippen molar-refractivity contribution in [2.75, 3.05) is 13.1 Å². The fourth-order valence-corrected chi connectivity index (χ4v) is 7.57. The minimum absolute atomic E-state index is 0.00102. The summed E-state index contributed by atoms with van der Waals surface area (Å²) >= 11 is 0. The SMILES string of the molecule is CCC[C@@H](C(=O)C(=O)N[C@@H](C)C(C)C)N1CC[C@H]2CN(C(=O)[C@@H](NC(=O)[C@@H](NC(=O)c3cnccn3)C3CCCC3)C(C)(C)C)[C@H](C1=O)[C@H]2C. The van der Waals surface area contributed by atoms with Crippen molar-refractivity contribution in [3.63, 3.8) is 0 Å². The third-order valence-corrected chi connectivity index (χ3v) is 11.0. The Labute approximate surface area is 296 Å². The van der Waals surface area contributed by atoms with Crippen molar-refractivity contribution >= 4 is 35.3 Å². The van der Waals surface area contributed by atoms with Gasteiger partial charge in [0.15, 0.2) is 0 Å². The van der Waals surface area contributed by atoms with Crippen LogP contribution in [0.2, 0.25) is 0 Å². The summed E-state index contributed by atoms with van der Waals surface area (Å²) in [5.41, 5.74) is -0.650. The van der Waals surface area contributed by atoms with Crippen molar-refractivity contribution < 1.29 is 28.8 Å². The van der Waals surface area contributed by atoms with Crippen LogP contribution in [-0.2, 0) is 24.0 Å². The summed E-state index contributed by atoms with van der Waals surface area (Å²) in [7, 11) is 0. The monoisotopic (exact) mass is 695 g/mol.